The SMILES string of the molecule is Cl.O=S(=O)(CCc1ccccc1)NCCC1CCNC1. The van der Waals surface area contributed by atoms with Gasteiger partial charge < -0.3 is 5.32 Å². The molecule has 6 heteroatoms. The first-order valence-corrected chi connectivity index (χ1v) is 8.53. The van der Waals surface area contributed by atoms with Gasteiger partial charge in [-0.05, 0) is 43.8 Å². The van der Waals surface area contributed by atoms with Crippen LogP contribution in [0.3, 0.4) is 0 Å². The molecule has 0 aromatic heterocycles. The number of hydrogen-bond acceptors (Lipinski definition) is 3. The van der Waals surface area contributed by atoms with Crippen LogP contribution in [0.4, 0.5) is 0 Å². The van der Waals surface area contributed by atoms with Crippen LogP contribution in [0.25, 0.3) is 0 Å². The molecule has 0 amide bonds. The summed E-state index contributed by atoms with van der Waals surface area (Å²) in [6.07, 6.45) is 2.66. The van der Waals surface area contributed by atoms with E-state index < -0.39 is 10.0 Å². The van der Waals surface area contributed by atoms with Crippen LogP contribution >= 0.6 is 12.4 Å². The van der Waals surface area contributed by atoms with Crippen molar-refractivity contribution < 1.29 is 8.42 Å². The molecule has 1 unspecified atom stereocenters. The van der Waals surface area contributed by atoms with Gasteiger partial charge >= 0.3 is 0 Å². The summed E-state index contributed by atoms with van der Waals surface area (Å²) >= 11 is 0. The van der Waals surface area contributed by atoms with Crippen molar-refractivity contribution in [1.82, 2.24) is 10.0 Å². The molecule has 20 heavy (non-hydrogen) atoms. The second-order valence-corrected chi connectivity index (χ2v) is 7.02. The van der Waals surface area contributed by atoms with E-state index in [4.69, 9.17) is 0 Å². The van der Waals surface area contributed by atoms with Gasteiger partial charge in [-0.25, -0.2) is 13.1 Å². The molecule has 114 valence electrons. The Balaban J connectivity index is 0.00000200. The van der Waals surface area contributed by atoms with Gasteiger partial charge in [-0.1, -0.05) is 30.3 Å². The molecule has 2 rings (SSSR count). The second-order valence-electron chi connectivity index (χ2n) is 5.10. The van der Waals surface area contributed by atoms with Crippen molar-refractivity contribution in [3.63, 3.8) is 0 Å². The van der Waals surface area contributed by atoms with Crippen LogP contribution in [0, 0.1) is 5.92 Å². The van der Waals surface area contributed by atoms with Crippen molar-refractivity contribution in [3.05, 3.63) is 35.9 Å². The quantitative estimate of drug-likeness (QED) is 0.802. The molecule has 2 N–H and O–H groups in total. The fraction of sp³-hybridized carbons (Fsp3) is 0.571. The molecular weight excluding hydrogens is 296 g/mol. The van der Waals surface area contributed by atoms with Gasteiger partial charge in [0.15, 0.2) is 0 Å². The van der Waals surface area contributed by atoms with Gasteiger partial charge in [-0.15, -0.1) is 12.4 Å². The minimum atomic E-state index is -3.14. The van der Waals surface area contributed by atoms with Crippen LogP contribution < -0.4 is 10.0 Å². The Morgan fingerprint density at radius 2 is 2.00 bits per heavy atom. The molecule has 1 atom stereocenters. The lowest BCUT2D eigenvalue weighted by Crippen LogP contribution is -2.29. The highest BCUT2D eigenvalue weighted by Crippen LogP contribution is 2.11. The van der Waals surface area contributed by atoms with Crippen molar-refractivity contribution in [2.24, 2.45) is 5.92 Å². The van der Waals surface area contributed by atoms with E-state index in [1.54, 1.807) is 0 Å². The summed E-state index contributed by atoms with van der Waals surface area (Å²) in [6, 6.07) is 9.72. The van der Waals surface area contributed by atoms with E-state index in [1.165, 1.54) is 0 Å². The minimum Gasteiger partial charge on any atom is -0.316 e. The largest absolute Gasteiger partial charge is 0.316 e. The van der Waals surface area contributed by atoms with Gasteiger partial charge in [0.25, 0.3) is 0 Å². The molecule has 0 radical (unpaired) electrons. The van der Waals surface area contributed by atoms with E-state index in [0.29, 0.717) is 18.9 Å². The molecule has 0 spiro atoms. The molecular formula is C14H23ClN2O2S. The third-order valence-corrected chi connectivity index (χ3v) is 4.92. The summed E-state index contributed by atoms with van der Waals surface area (Å²) < 4.78 is 26.4. The van der Waals surface area contributed by atoms with Gasteiger partial charge in [-0.3, -0.25) is 0 Å². The van der Waals surface area contributed by atoms with E-state index >= 15 is 0 Å². The van der Waals surface area contributed by atoms with Crippen LogP contribution in [0.2, 0.25) is 0 Å². The summed E-state index contributed by atoms with van der Waals surface area (Å²) in [7, 11) is -3.14. The van der Waals surface area contributed by atoms with Gasteiger partial charge in [-0.2, -0.15) is 0 Å². The second kappa shape index (κ2) is 8.62. The predicted molar refractivity (Wildman–Crippen MR) is 84.8 cm³/mol. The first-order valence-electron chi connectivity index (χ1n) is 6.88. The minimum absolute atomic E-state index is 0. The standard InChI is InChI=1S/C14H22N2O2S.ClH/c17-19(18,11-8-13-4-2-1-3-5-13)16-10-7-14-6-9-15-12-14;/h1-5,14-16H,6-12H2;1H. The molecule has 0 aliphatic carbocycles. The first kappa shape index (κ1) is 17.4. The highest BCUT2D eigenvalue weighted by molar-refractivity contribution is 7.89. The van der Waals surface area contributed by atoms with Gasteiger partial charge in [0.05, 0.1) is 5.75 Å². The third-order valence-electron chi connectivity index (χ3n) is 3.54. The lowest BCUT2D eigenvalue weighted by Gasteiger charge is -2.10. The van der Waals surface area contributed by atoms with Crippen LogP contribution in [0.15, 0.2) is 30.3 Å². The Labute approximate surface area is 127 Å². The maximum Gasteiger partial charge on any atom is 0.211 e. The van der Waals surface area contributed by atoms with E-state index in [1.807, 2.05) is 30.3 Å². The Hall–Kier alpha value is -0.620. The highest BCUT2D eigenvalue weighted by atomic mass is 35.5. The number of hydrogen-bond donors (Lipinski definition) is 2. The van der Waals surface area contributed by atoms with Crippen LogP contribution in [-0.2, 0) is 16.4 Å². The Bertz CT molecular complexity index is 473. The van der Waals surface area contributed by atoms with Crippen molar-refractivity contribution in [2.75, 3.05) is 25.4 Å². The molecule has 1 aromatic rings. The lowest BCUT2D eigenvalue weighted by molar-refractivity contribution is 0.519. The van der Waals surface area contributed by atoms with Gasteiger partial charge in [0.2, 0.25) is 10.0 Å². The van der Waals surface area contributed by atoms with E-state index in [9.17, 15) is 8.42 Å². The number of rotatable bonds is 7. The zero-order valence-corrected chi connectivity index (χ0v) is 13.2. The Morgan fingerprint density at radius 1 is 1.25 bits per heavy atom. The van der Waals surface area contributed by atoms with Gasteiger partial charge in [0.1, 0.15) is 0 Å². The molecule has 1 fully saturated rings. The molecule has 1 aromatic carbocycles. The summed E-state index contributed by atoms with van der Waals surface area (Å²) in [4.78, 5) is 0. The van der Waals surface area contributed by atoms with Crippen LogP contribution in [0.1, 0.15) is 18.4 Å². The fourth-order valence-corrected chi connectivity index (χ4v) is 3.43. The maximum atomic E-state index is 11.9. The number of benzene rings is 1. The number of aryl methyl sites for hydroxylation is 1. The van der Waals surface area contributed by atoms with E-state index in [0.717, 1.165) is 31.5 Å². The van der Waals surface area contributed by atoms with Crippen molar-refractivity contribution in [2.45, 2.75) is 19.3 Å². The third kappa shape index (κ3) is 6.22. The van der Waals surface area contributed by atoms with Crippen molar-refractivity contribution in [3.8, 4) is 0 Å². The fourth-order valence-electron chi connectivity index (χ4n) is 2.35. The monoisotopic (exact) mass is 318 g/mol. The lowest BCUT2D eigenvalue weighted by atomic mass is 10.1. The zero-order chi connectivity index (χ0) is 13.6. The smallest absolute Gasteiger partial charge is 0.211 e. The summed E-state index contributed by atoms with van der Waals surface area (Å²) in [5.74, 6) is 0.789. The zero-order valence-electron chi connectivity index (χ0n) is 11.5. The van der Waals surface area contributed by atoms with Gasteiger partial charge in [0, 0.05) is 6.54 Å². The van der Waals surface area contributed by atoms with E-state index in [-0.39, 0.29) is 18.2 Å². The van der Waals surface area contributed by atoms with E-state index in [2.05, 4.69) is 10.0 Å². The maximum absolute atomic E-state index is 11.9. The Morgan fingerprint density at radius 3 is 2.65 bits per heavy atom. The van der Waals surface area contributed by atoms with Crippen LogP contribution in [0.5, 0.6) is 0 Å². The molecule has 0 bridgehead atoms. The summed E-state index contributed by atoms with van der Waals surface area (Å²) in [6.45, 7) is 2.64. The number of sulfonamides is 1. The van der Waals surface area contributed by atoms with Crippen molar-refractivity contribution >= 4 is 22.4 Å². The number of nitrogens with one attached hydrogen (secondary N) is 2. The molecule has 1 heterocycles. The molecule has 1 aliphatic heterocycles. The van der Waals surface area contributed by atoms with Crippen molar-refractivity contribution in [1.29, 1.82) is 0 Å². The first-order chi connectivity index (χ1) is 9.16. The normalized spacial score (nSPS) is 18.7. The summed E-state index contributed by atoms with van der Waals surface area (Å²) in [5.41, 5.74) is 1.06. The Kier molecular flexibility index (Phi) is 7.51. The summed E-state index contributed by atoms with van der Waals surface area (Å²) in [5, 5.41) is 3.29. The molecule has 1 aliphatic rings. The molecule has 1 saturated heterocycles. The topological polar surface area (TPSA) is 58.2 Å². The number of halogens is 1. The molecule has 4 nitrogen and oxygen atoms in total. The predicted octanol–water partition coefficient (Wildman–Crippen LogP) is 1.57. The molecule has 0 saturated carbocycles. The van der Waals surface area contributed by atoms with Crippen LogP contribution in [-0.4, -0.2) is 33.8 Å². The average Bonchev–Trinajstić information content (AvgIpc) is 2.91. The average molecular weight is 319 g/mol. The highest BCUT2D eigenvalue weighted by Gasteiger charge is 2.15.